The summed E-state index contributed by atoms with van der Waals surface area (Å²) in [6, 6.07) is 7.20. The van der Waals surface area contributed by atoms with Crippen molar-refractivity contribution in [2.45, 2.75) is 37.8 Å². The monoisotopic (exact) mass is 479 g/mol. The Morgan fingerprint density at radius 3 is 2.74 bits per heavy atom. The van der Waals surface area contributed by atoms with Gasteiger partial charge in [0.25, 0.3) is 0 Å². The van der Waals surface area contributed by atoms with E-state index in [1.165, 1.54) is 12.3 Å². The molecule has 3 aromatic rings. The van der Waals surface area contributed by atoms with Gasteiger partial charge in [0.1, 0.15) is 11.3 Å². The number of rotatable bonds is 7. The average molecular weight is 480 g/mol. The van der Waals surface area contributed by atoms with Gasteiger partial charge in [-0.3, -0.25) is 9.48 Å². The van der Waals surface area contributed by atoms with E-state index in [2.05, 4.69) is 5.10 Å². The molecule has 0 spiro atoms. The van der Waals surface area contributed by atoms with Gasteiger partial charge in [0.15, 0.2) is 5.43 Å². The van der Waals surface area contributed by atoms with Crippen LogP contribution in [0.4, 0.5) is 0 Å². The summed E-state index contributed by atoms with van der Waals surface area (Å²) in [4.78, 5) is 24.5. The Kier molecular flexibility index (Phi) is 5.77. The third-order valence-corrected chi connectivity index (χ3v) is 6.91. The van der Waals surface area contributed by atoms with E-state index in [1.807, 2.05) is 49.9 Å². The molecular formula is C26H29N3O6. The van der Waals surface area contributed by atoms with E-state index in [0.717, 1.165) is 28.8 Å². The van der Waals surface area contributed by atoms with Crippen molar-refractivity contribution in [1.82, 2.24) is 14.3 Å². The lowest BCUT2D eigenvalue weighted by Crippen LogP contribution is -2.36. The third-order valence-electron chi connectivity index (χ3n) is 6.91. The molecule has 1 saturated heterocycles. The van der Waals surface area contributed by atoms with E-state index in [-0.39, 0.29) is 17.5 Å². The zero-order valence-corrected chi connectivity index (χ0v) is 20.3. The van der Waals surface area contributed by atoms with Gasteiger partial charge in [0, 0.05) is 62.7 Å². The molecule has 2 aliphatic rings. The van der Waals surface area contributed by atoms with Gasteiger partial charge in [0.2, 0.25) is 0 Å². The fourth-order valence-corrected chi connectivity index (χ4v) is 5.30. The predicted octanol–water partition coefficient (Wildman–Crippen LogP) is 3.48. The lowest BCUT2D eigenvalue weighted by Gasteiger charge is -2.38. The van der Waals surface area contributed by atoms with Crippen LogP contribution < -0.4 is 10.2 Å². The number of benzene rings is 1. The smallest absolute Gasteiger partial charge is 0.341 e. The molecule has 2 aromatic heterocycles. The molecule has 0 amide bonds. The van der Waals surface area contributed by atoms with Gasteiger partial charge in [-0.05, 0) is 37.6 Å². The average Bonchev–Trinajstić information content (AvgIpc) is 3.38. The number of ether oxygens (including phenoxy) is 3. The van der Waals surface area contributed by atoms with Crippen molar-refractivity contribution in [3.63, 3.8) is 0 Å². The van der Waals surface area contributed by atoms with E-state index < -0.39 is 17.0 Å². The normalized spacial score (nSPS) is 19.7. The first-order chi connectivity index (χ1) is 16.7. The molecule has 4 heterocycles. The Morgan fingerprint density at radius 1 is 1.26 bits per heavy atom. The van der Waals surface area contributed by atoms with Gasteiger partial charge in [0.05, 0.1) is 36.2 Å². The SMILES string of the molecule is COCCCOc1cc2c(cc1-c1ccn(C)n1)-c1cc(=O)c(C(=O)O)cn1C1C2COC1(C)C. The summed E-state index contributed by atoms with van der Waals surface area (Å²) >= 11 is 0. The number of hydrogen-bond donors (Lipinski definition) is 1. The molecule has 2 aliphatic heterocycles. The highest BCUT2D eigenvalue weighted by Gasteiger charge is 2.49. The van der Waals surface area contributed by atoms with Crippen LogP contribution in [0.15, 0.2) is 41.5 Å². The van der Waals surface area contributed by atoms with E-state index in [9.17, 15) is 14.7 Å². The second-order valence-corrected chi connectivity index (χ2v) is 9.62. The summed E-state index contributed by atoms with van der Waals surface area (Å²) in [5.41, 5.74) is 2.76. The van der Waals surface area contributed by atoms with Crippen LogP contribution in [0.1, 0.15) is 48.1 Å². The van der Waals surface area contributed by atoms with Crippen LogP contribution in [0.5, 0.6) is 5.75 Å². The first kappa shape index (κ1) is 23.3. The lowest BCUT2D eigenvalue weighted by molar-refractivity contribution is 0.0145. The van der Waals surface area contributed by atoms with Crippen molar-refractivity contribution in [2.24, 2.45) is 7.05 Å². The summed E-state index contributed by atoms with van der Waals surface area (Å²) in [7, 11) is 3.52. The van der Waals surface area contributed by atoms with Gasteiger partial charge in [-0.1, -0.05) is 0 Å². The topological polar surface area (TPSA) is 105 Å². The molecule has 5 rings (SSSR count). The summed E-state index contributed by atoms with van der Waals surface area (Å²) < 4.78 is 21.2. The first-order valence-electron chi connectivity index (χ1n) is 11.6. The highest BCUT2D eigenvalue weighted by Crippen LogP contribution is 2.54. The number of nitrogens with zero attached hydrogens (tertiary/aromatic N) is 3. The summed E-state index contributed by atoms with van der Waals surface area (Å²) in [5.74, 6) is -0.561. The van der Waals surface area contributed by atoms with Gasteiger partial charge in [-0.2, -0.15) is 5.10 Å². The van der Waals surface area contributed by atoms with Crippen LogP contribution in [0, 0.1) is 0 Å². The molecule has 35 heavy (non-hydrogen) atoms. The molecular weight excluding hydrogens is 450 g/mol. The number of carboxylic acids is 1. The minimum atomic E-state index is -1.24. The maximum absolute atomic E-state index is 12.7. The highest BCUT2D eigenvalue weighted by molar-refractivity contribution is 5.88. The Labute approximate surface area is 202 Å². The number of hydrogen-bond acceptors (Lipinski definition) is 6. The van der Waals surface area contributed by atoms with Gasteiger partial charge in [-0.25, -0.2) is 4.79 Å². The molecule has 2 unspecified atom stereocenters. The van der Waals surface area contributed by atoms with E-state index >= 15 is 0 Å². The van der Waals surface area contributed by atoms with Gasteiger partial charge >= 0.3 is 5.97 Å². The van der Waals surface area contributed by atoms with Crippen LogP contribution in [-0.2, 0) is 16.5 Å². The third kappa shape index (κ3) is 3.94. The molecule has 1 N–H and O–H groups in total. The van der Waals surface area contributed by atoms with Crippen molar-refractivity contribution < 1.29 is 24.1 Å². The molecule has 9 heteroatoms. The number of pyridine rings is 1. The van der Waals surface area contributed by atoms with Crippen LogP contribution in [0.3, 0.4) is 0 Å². The Bertz CT molecular complexity index is 1360. The number of fused-ring (bicyclic) bond motifs is 6. The fraction of sp³-hybridized carbons (Fsp3) is 0.423. The second kappa shape index (κ2) is 8.66. The zero-order valence-electron chi connectivity index (χ0n) is 20.3. The molecule has 0 saturated carbocycles. The molecule has 2 atom stereocenters. The second-order valence-electron chi connectivity index (χ2n) is 9.62. The molecule has 1 aromatic carbocycles. The molecule has 0 bridgehead atoms. The lowest BCUT2D eigenvalue weighted by atomic mass is 9.78. The largest absolute Gasteiger partial charge is 0.493 e. The standard InChI is InChI=1S/C26H29N3O6/c1-26(2)24-19(14-35-26)15-11-23(34-9-5-8-33-4)17(20-6-7-28(3)27-20)10-16(15)21-12-22(30)18(25(31)32)13-29(21)24/h6-7,10-13,19,24H,5,8-9,14H2,1-4H3,(H,31,32). The minimum Gasteiger partial charge on any atom is -0.493 e. The number of methoxy groups -OCH3 is 1. The highest BCUT2D eigenvalue weighted by atomic mass is 16.5. The van der Waals surface area contributed by atoms with Crippen LogP contribution in [0.25, 0.3) is 22.5 Å². The molecule has 0 aliphatic carbocycles. The van der Waals surface area contributed by atoms with Crippen LogP contribution in [-0.4, -0.2) is 58.0 Å². The molecule has 0 radical (unpaired) electrons. The Balaban J connectivity index is 1.73. The molecule has 184 valence electrons. The predicted molar refractivity (Wildman–Crippen MR) is 129 cm³/mol. The maximum Gasteiger partial charge on any atom is 0.341 e. The fourth-order valence-electron chi connectivity index (χ4n) is 5.30. The van der Waals surface area contributed by atoms with E-state index in [0.29, 0.717) is 31.3 Å². The minimum absolute atomic E-state index is 0.0317. The number of carboxylic acid groups (broad SMARTS) is 1. The van der Waals surface area contributed by atoms with E-state index in [4.69, 9.17) is 14.2 Å². The summed E-state index contributed by atoms with van der Waals surface area (Å²) in [6.45, 7) is 5.55. The Morgan fingerprint density at radius 2 is 2.06 bits per heavy atom. The number of aromatic carboxylic acids is 1. The van der Waals surface area contributed by atoms with Crippen molar-refractivity contribution in [2.75, 3.05) is 26.9 Å². The van der Waals surface area contributed by atoms with Crippen LogP contribution in [0.2, 0.25) is 0 Å². The zero-order chi connectivity index (χ0) is 24.9. The summed E-state index contributed by atoms with van der Waals surface area (Å²) in [5, 5.41) is 14.2. The van der Waals surface area contributed by atoms with Crippen molar-refractivity contribution in [1.29, 1.82) is 0 Å². The van der Waals surface area contributed by atoms with Gasteiger partial charge in [-0.15, -0.1) is 0 Å². The molecule has 1 fully saturated rings. The van der Waals surface area contributed by atoms with Crippen molar-refractivity contribution in [3.05, 3.63) is 58.0 Å². The first-order valence-corrected chi connectivity index (χ1v) is 11.6. The summed E-state index contributed by atoms with van der Waals surface area (Å²) in [6.07, 6.45) is 4.07. The number of aromatic nitrogens is 3. The number of aryl methyl sites for hydroxylation is 1. The van der Waals surface area contributed by atoms with Crippen LogP contribution >= 0.6 is 0 Å². The van der Waals surface area contributed by atoms with Gasteiger partial charge < -0.3 is 23.9 Å². The maximum atomic E-state index is 12.7. The number of carbonyl (C=O) groups is 1. The van der Waals surface area contributed by atoms with E-state index in [1.54, 1.807) is 11.8 Å². The Hall–Kier alpha value is -3.43. The molecule has 9 nitrogen and oxygen atoms in total. The quantitative estimate of drug-likeness (QED) is 0.517. The van der Waals surface area contributed by atoms with Crippen molar-refractivity contribution >= 4 is 5.97 Å². The van der Waals surface area contributed by atoms with Crippen molar-refractivity contribution in [3.8, 4) is 28.3 Å².